The normalized spacial score (nSPS) is 10.3. The largest absolute Gasteiger partial charge is 0.383 e. The summed E-state index contributed by atoms with van der Waals surface area (Å²) in [7, 11) is 1.56. The first-order valence-electron chi connectivity index (χ1n) is 7.23. The minimum absolute atomic E-state index is 0.147. The van der Waals surface area contributed by atoms with Crippen molar-refractivity contribution in [3.63, 3.8) is 0 Å². The van der Waals surface area contributed by atoms with Gasteiger partial charge in [-0.1, -0.05) is 19.1 Å². The monoisotopic (exact) mass is 317 g/mol. The van der Waals surface area contributed by atoms with Gasteiger partial charge in [-0.3, -0.25) is 10.1 Å². The fourth-order valence-corrected chi connectivity index (χ4v) is 2.00. The first-order valence-corrected chi connectivity index (χ1v) is 7.23. The first-order chi connectivity index (χ1) is 11.2. The van der Waals surface area contributed by atoms with Crippen molar-refractivity contribution in [2.75, 3.05) is 30.9 Å². The smallest absolute Gasteiger partial charge is 0.353 e. The molecule has 1 aromatic heterocycles. The van der Waals surface area contributed by atoms with Crippen molar-refractivity contribution in [1.82, 2.24) is 9.97 Å². The van der Waals surface area contributed by atoms with Gasteiger partial charge in [-0.25, -0.2) is 9.97 Å². The second-order valence-corrected chi connectivity index (χ2v) is 4.77. The molecule has 0 atom stereocenters. The van der Waals surface area contributed by atoms with Crippen LogP contribution in [0.3, 0.4) is 0 Å². The molecule has 8 nitrogen and oxygen atoms in total. The van der Waals surface area contributed by atoms with Crippen LogP contribution in [0, 0.1) is 10.1 Å². The van der Waals surface area contributed by atoms with Crippen LogP contribution in [0.15, 0.2) is 30.6 Å². The number of nitrogens with zero attached hydrogens (tertiary/aromatic N) is 3. The van der Waals surface area contributed by atoms with Gasteiger partial charge in [0.25, 0.3) is 0 Å². The molecule has 23 heavy (non-hydrogen) atoms. The summed E-state index contributed by atoms with van der Waals surface area (Å²) in [5, 5.41) is 17.2. The maximum Gasteiger partial charge on any atom is 0.353 e. The molecule has 0 fully saturated rings. The van der Waals surface area contributed by atoms with E-state index in [4.69, 9.17) is 4.74 Å². The molecule has 2 N–H and O–H groups in total. The predicted molar refractivity (Wildman–Crippen MR) is 88.2 cm³/mol. The van der Waals surface area contributed by atoms with Crippen molar-refractivity contribution in [3.05, 3.63) is 46.3 Å². The van der Waals surface area contributed by atoms with Gasteiger partial charge in [0, 0.05) is 19.3 Å². The number of nitro groups is 1. The first kappa shape index (κ1) is 16.6. The summed E-state index contributed by atoms with van der Waals surface area (Å²) >= 11 is 0. The maximum atomic E-state index is 11.4. The standard InChI is InChI=1S/C15H19N5O3/c1-3-11-4-6-12(7-5-11)19-15-13(20(21)22)14(17-10-18-15)16-8-9-23-2/h4-7,10H,3,8-9H2,1-2H3,(H2,16,17,18,19). The van der Waals surface area contributed by atoms with Crippen molar-refractivity contribution >= 4 is 23.0 Å². The molecule has 0 radical (unpaired) electrons. The zero-order valence-electron chi connectivity index (χ0n) is 13.1. The second kappa shape index (κ2) is 8.04. The van der Waals surface area contributed by atoms with Gasteiger partial charge in [0.15, 0.2) is 0 Å². The van der Waals surface area contributed by atoms with Gasteiger partial charge >= 0.3 is 5.69 Å². The number of aryl methyl sites for hydroxylation is 1. The average Bonchev–Trinajstić information content (AvgIpc) is 2.55. The summed E-state index contributed by atoms with van der Waals surface area (Å²) in [6.07, 6.45) is 2.21. The van der Waals surface area contributed by atoms with E-state index in [1.54, 1.807) is 7.11 Å². The minimum Gasteiger partial charge on any atom is -0.383 e. The maximum absolute atomic E-state index is 11.4. The van der Waals surface area contributed by atoms with E-state index in [0.717, 1.165) is 12.1 Å². The summed E-state index contributed by atoms with van der Waals surface area (Å²) in [6, 6.07) is 7.66. The third kappa shape index (κ3) is 4.36. The molecule has 0 aliphatic heterocycles. The van der Waals surface area contributed by atoms with Crippen LogP contribution in [0.5, 0.6) is 0 Å². The molecule has 122 valence electrons. The van der Waals surface area contributed by atoms with Crippen LogP contribution in [0.4, 0.5) is 23.0 Å². The summed E-state index contributed by atoms with van der Waals surface area (Å²) in [6.45, 7) is 2.90. The van der Waals surface area contributed by atoms with Crippen molar-refractivity contribution in [1.29, 1.82) is 0 Å². The van der Waals surface area contributed by atoms with Crippen molar-refractivity contribution < 1.29 is 9.66 Å². The average molecular weight is 317 g/mol. The Morgan fingerprint density at radius 1 is 1.22 bits per heavy atom. The summed E-state index contributed by atoms with van der Waals surface area (Å²) in [4.78, 5) is 18.8. The Morgan fingerprint density at radius 2 is 1.91 bits per heavy atom. The Hall–Kier alpha value is -2.74. The molecular formula is C15H19N5O3. The van der Waals surface area contributed by atoms with Crippen LogP contribution in [0.25, 0.3) is 0 Å². The lowest BCUT2D eigenvalue weighted by molar-refractivity contribution is -0.383. The van der Waals surface area contributed by atoms with E-state index >= 15 is 0 Å². The van der Waals surface area contributed by atoms with Crippen LogP contribution in [-0.4, -0.2) is 35.2 Å². The lowest BCUT2D eigenvalue weighted by atomic mass is 10.1. The number of nitrogens with one attached hydrogen (secondary N) is 2. The van der Waals surface area contributed by atoms with Crippen LogP contribution in [0.1, 0.15) is 12.5 Å². The van der Waals surface area contributed by atoms with Gasteiger partial charge in [-0.05, 0) is 24.1 Å². The third-order valence-corrected chi connectivity index (χ3v) is 3.23. The quantitative estimate of drug-likeness (QED) is 0.438. The molecule has 2 aromatic rings. The van der Waals surface area contributed by atoms with Crippen molar-refractivity contribution in [2.45, 2.75) is 13.3 Å². The molecule has 0 saturated carbocycles. The number of rotatable bonds is 8. The molecule has 0 aliphatic carbocycles. The van der Waals surface area contributed by atoms with Gasteiger partial charge < -0.3 is 15.4 Å². The highest BCUT2D eigenvalue weighted by atomic mass is 16.6. The minimum atomic E-state index is -0.502. The van der Waals surface area contributed by atoms with Crippen molar-refractivity contribution in [3.8, 4) is 0 Å². The molecule has 1 aromatic carbocycles. The SMILES string of the molecule is CCc1ccc(Nc2ncnc(NCCOC)c2[N+](=O)[O-])cc1. The van der Waals surface area contributed by atoms with E-state index in [-0.39, 0.29) is 17.3 Å². The lowest BCUT2D eigenvalue weighted by Gasteiger charge is -2.10. The highest BCUT2D eigenvalue weighted by Crippen LogP contribution is 2.30. The van der Waals surface area contributed by atoms with E-state index < -0.39 is 4.92 Å². The molecule has 0 bridgehead atoms. The number of methoxy groups -OCH3 is 1. The molecule has 8 heteroatoms. The number of ether oxygens (including phenoxy) is 1. The number of hydrogen-bond acceptors (Lipinski definition) is 7. The van der Waals surface area contributed by atoms with Gasteiger partial charge in [0.2, 0.25) is 11.6 Å². The van der Waals surface area contributed by atoms with E-state index in [1.807, 2.05) is 24.3 Å². The molecule has 0 unspecified atom stereocenters. The Bertz CT molecular complexity index is 661. The lowest BCUT2D eigenvalue weighted by Crippen LogP contribution is -2.12. The molecule has 0 saturated heterocycles. The summed E-state index contributed by atoms with van der Waals surface area (Å²) in [5.74, 6) is 0.309. The van der Waals surface area contributed by atoms with E-state index in [2.05, 4.69) is 27.5 Å². The van der Waals surface area contributed by atoms with E-state index in [9.17, 15) is 10.1 Å². The molecule has 1 heterocycles. The Labute approximate surface area is 134 Å². The zero-order valence-corrected chi connectivity index (χ0v) is 13.1. The van der Waals surface area contributed by atoms with Crippen LogP contribution in [0.2, 0.25) is 0 Å². The van der Waals surface area contributed by atoms with Crippen molar-refractivity contribution in [2.24, 2.45) is 0 Å². The second-order valence-electron chi connectivity index (χ2n) is 4.77. The number of benzene rings is 1. The van der Waals surface area contributed by atoms with E-state index in [1.165, 1.54) is 11.9 Å². The molecule has 2 rings (SSSR count). The molecular weight excluding hydrogens is 298 g/mol. The van der Waals surface area contributed by atoms with E-state index in [0.29, 0.717) is 13.2 Å². The fraction of sp³-hybridized carbons (Fsp3) is 0.333. The Morgan fingerprint density at radius 3 is 2.52 bits per heavy atom. The number of aromatic nitrogens is 2. The van der Waals surface area contributed by atoms with Gasteiger partial charge in [-0.15, -0.1) is 0 Å². The van der Waals surface area contributed by atoms with Crippen LogP contribution < -0.4 is 10.6 Å². The Kier molecular flexibility index (Phi) is 5.81. The highest BCUT2D eigenvalue weighted by Gasteiger charge is 2.22. The van der Waals surface area contributed by atoms with Gasteiger partial charge in [-0.2, -0.15) is 0 Å². The molecule has 0 spiro atoms. The van der Waals surface area contributed by atoms with Crippen LogP contribution in [-0.2, 0) is 11.2 Å². The summed E-state index contributed by atoms with van der Waals surface area (Å²) < 4.78 is 4.92. The fourth-order valence-electron chi connectivity index (χ4n) is 2.00. The highest BCUT2D eigenvalue weighted by molar-refractivity contribution is 5.73. The zero-order chi connectivity index (χ0) is 16.7. The third-order valence-electron chi connectivity index (χ3n) is 3.23. The predicted octanol–water partition coefficient (Wildman–Crippen LogP) is 2.75. The van der Waals surface area contributed by atoms with Gasteiger partial charge in [0.1, 0.15) is 6.33 Å². The number of hydrogen-bond donors (Lipinski definition) is 2. The van der Waals surface area contributed by atoms with Crippen LogP contribution >= 0.6 is 0 Å². The molecule has 0 aliphatic rings. The van der Waals surface area contributed by atoms with Gasteiger partial charge in [0.05, 0.1) is 11.5 Å². The molecule has 0 amide bonds. The summed E-state index contributed by atoms with van der Waals surface area (Å²) in [5.41, 5.74) is 1.73. The Balaban J connectivity index is 2.25. The topological polar surface area (TPSA) is 102 Å². The number of anilines is 3.